The molecule has 0 unspecified atom stereocenters. The van der Waals surface area contributed by atoms with Crippen molar-refractivity contribution in [1.29, 1.82) is 0 Å². The van der Waals surface area contributed by atoms with Gasteiger partial charge in [0.05, 0.1) is 18.3 Å². The Morgan fingerprint density at radius 2 is 2.07 bits per heavy atom. The van der Waals surface area contributed by atoms with Gasteiger partial charge in [-0.25, -0.2) is 9.97 Å². The van der Waals surface area contributed by atoms with Gasteiger partial charge in [0.2, 0.25) is 0 Å². The van der Waals surface area contributed by atoms with Crippen LogP contribution >= 0.6 is 11.6 Å². The second-order valence-electron chi connectivity index (χ2n) is 2.93. The smallest absolute Gasteiger partial charge is 0.151 e. The summed E-state index contributed by atoms with van der Waals surface area (Å²) in [6.45, 7) is 1.83. The number of methoxy groups -OCH3 is 1. The number of hydrogen-bond acceptors (Lipinski definition) is 3. The van der Waals surface area contributed by atoms with Gasteiger partial charge in [-0.05, 0) is 19.1 Å². The molecule has 0 spiro atoms. The molecule has 0 aliphatic carbocycles. The monoisotopic (exact) mass is 208 g/mol. The van der Waals surface area contributed by atoms with Crippen LogP contribution in [0.4, 0.5) is 0 Å². The third-order valence-corrected chi connectivity index (χ3v) is 2.35. The highest BCUT2D eigenvalue weighted by atomic mass is 35.5. The molecule has 0 atom stereocenters. The van der Waals surface area contributed by atoms with E-state index in [4.69, 9.17) is 16.3 Å². The first-order valence-corrected chi connectivity index (χ1v) is 4.57. The second-order valence-corrected chi connectivity index (χ2v) is 3.29. The number of ether oxygens (including phenoxy) is 1. The van der Waals surface area contributed by atoms with Gasteiger partial charge in [0.1, 0.15) is 11.3 Å². The predicted molar refractivity (Wildman–Crippen MR) is 55.8 cm³/mol. The van der Waals surface area contributed by atoms with Gasteiger partial charge in [0.15, 0.2) is 5.15 Å². The lowest BCUT2D eigenvalue weighted by Crippen LogP contribution is -1.93. The first-order chi connectivity index (χ1) is 6.72. The number of para-hydroxylation sites is 1. The molecule has 1 aromatic heterocycles. The summed E-state index contributed by atoms with van der Waals surface area (Å²) >= 11 is 5.89. The summed E-state index contributed by atoms with van der Waals surface area (Å²) in [5.74, 6) is 0.692. The fraction of sp³-hybridized carbons (Fsp3) is 0.200. The van der Waals surface area contributed by atoms with Crippen molar-refractivity contribution in [1.82, 2.24) is 9.97 Å². The molecule has 0 amide bonds. The maximum atomic E-state index is 5.89. The van der Waals surface area contributed by atoms with Crippen LogP contribution in [0.25, 0.3) is 11.0 Å². The van der Waals surface area contributed by atoms with Crippen LogP contribution in [-0.4, -0.2) is 17.1 Å². The molecule has 0 aliphatic rings. The molecule has 0 saturated carbocycles. The van der Waals surface area contributed by atoms with Crippen LogP contribution in [0.15, 0.2) is 18.2 Å². The number of hydrogen-bond donors (Lipinski definition) is 0. The molecule has 3 nitrogen and oxygen atoms in total. The van der Waals surface area contributed by atoms with Crippen molar-refractivity contribution in [2.24, 2.45) is 0 Å². The quantitative estimate of drug-likeness (QED) is 0.723. The highest BCUT2D eigenvalue weighted by Gasteiger charge is 2.06. The third-order valence-electron chi connectivity index (χ3n) is 1.99. The maximum Gasteiger partial charge on any atom is 0.151 e. The van der Waals surface area contributed by atoms with Gasteiger partial charge in [0, 0.05) is 0 Å². The Labute approximate surface area is 86.7 Å². The molecule has 2 rings (SSSR count). The molecule has 0 radical (unpaired) electrons. The van der Waals surface area contributed by atoms with E-state index in [0.717, 1.165) is 11.2 Å². The van der Waals surface area contributed by atoms with Crippen LogP contribution in [0.3, 0.4) is 0 Å². The molecular weight excluding hydrogens is 200 g/mol. The zero-order valence-electron chi connectivity index (χ0n) is 7.91. The van der Waals surface area contributed by atoms with Crippen LogP contribution in [0.2, 0.25) is 5.15 Å². The summed E-state index contributed by atoms with van der Waals surface area (Å²) < 4.78 is 5.16. The first-order valence-electron chi connectivity index (χ1n) is 4.19. The number of nitrogens with zero attached hydrogens (tertiary/aromatic N) is 2. The van der Waals surface area contributed by atoms with Gasteiger partial charge in [-0.15, -0.1) is 0 Å². The highest BCUT2D eigenvalue weighted by Crippen LogP contribution is 2.24. The Morgan fingerprint density at radius 3 is 2.79 bits per heavy atom. The third kappa shape index (κ3) is 1.40. The molecule has 14 heavy (non-hydrogen) atoms. The Kier molecular flexibility index (Phi) is 2.25. The lowest BCUT2D eigenvalue weighted by molar-refractivity contribution is 0.419. The molecule has 0 N–H and O–H groups in total. The second kappa shape index (κ2) is 3.42. The molecule has 4 heteroatoms. The number of fused-ring (bicyclic) bond motifs is 1. The van der Waals surface area contributed by atoms with Crippen LogP contribution in [0, 0.1) is 6.92 Å². The minimum atomic E-state index is 0.419. The van der Waals surface area contributed by atoms with Crippen LogP contribution in [-0.2, 0) is 0 Å². The fourth-order valence-corrected chi connectivity index (χ4v) is 1.41. The van der Waals surface area contributed by atoms with Crippen molar-refractivity contribution in [3.05, 3.63) is 29.0 Å². The molecular formula is C10H9ClN2O. The van der Waals surface area contributed by atoms with E-state index in [9.17, 15) is 0 Å². The number of rotatable bonds is 1. The SMILES string of the molecule is COc1cccc2nc(C)c(Cl)nc12. The number of aromatic nitrogens is 2. The summed E-state index contributed by atoms with van der Waals surface area (Å²) in [6.07, 6.45) is 0. The van der Waals surface area contributed by atoms with Crippen molar-refractivity contribution in [2.45, 2.75) is 6.92 Å². The Hall–Kier alpha value is -1.35. The number of halogens is 1. The van der Waals surface area contributed by atoms with Gasteiger partial charge in [-0.1, -0.05) is 17.7 Å². The topological polar surface area (TPSA) is 35.0 Å². The minimum Gasteiger partial charge on any atom is -0.494 e. The summed E-state index contributed by atoms with van der Waals surface area (Å²) in [5, 5.41) is 0.419. The van der Waals surface area contributed by atoms with E-state index in [1.807, 2.05) is 25.1 Å². The van der Waals surface area contributed by atoms with E-state index >= 15 is 0 Å². The lowest BCUT2D eigenvalue weighted by Gasteiger charge is -2.05. The Bertz CT molecular complexity index is 485. The average Bonchev–Trinajstić information content (AvgIpc) is 2.19. The van der Waals surface area contributed by atoms with E-state index in [-0.39, 0.29) is 0 Å². The fourth-order valence-electron chi connectivity index (χ4n) is 1.28. The lowest BCUT2D eigenvalue weighted by atomic mass is 10.2. The zero-order valence-corrected chi connectivity index (χ0v) is 8.67. The van der Waals surface area contributed by atoms with E-state index in [0.29, 0.717) is 16.4 Å². The number of benzene rings is 1. The molecule has 1 heterocycles. The van der Waals surface area contributed by atoms with Crippen molar-refractivity contribution in [3.63, 3.8) is 0 Å². The average molecular weight is 209 g/mol. The largest absolute Gasteiger partial charge is 0.494 e. The van der Waals surface area contributed by atoms with Gasteiger partial charge in [0.25, 0.3) is 0 Å². The molecule has 72 valence electrons. The summed E-state index contributed by atoms with van der Waals surface area (Å²) in [4.78, 5) is 8.53. The summed E-state index contributed by atoms with van der Waals surface area (Å²) in [5.41, 5.74) is 2.23. The van der Waals surface area contributed by atoms with Crippen molar-refractivity contribution in [3.8, 4) is 5.75 Å². The van der Waals surface area contributed by atoms with E-state index in [1.165, 1.54) is 0 Å². The highest BCUT2D eigenvalue weighted by molar-refractivity contribution is 6.30. The molecule has 0 bridgehead atoms. The van der Waals surface area contributed by atoms with Gasteiger partial charge in [-0.2, -0.15) is 0 Å². The van der Waals surface area contributed by atoms with Crippen molar-refractivity contribution in [2.75, 3.05) is 7.11 Å². The number of aryl methyl sites for hydroxylation is 1. The maximum absolute atomic E-state index is 5.89. The van der Waals surface area contributed by atoms with Gasteiger partial charge < -0.3 is 4.74 Å². The van der Waals surface area contributed by atoms with Crippen molar-refractivity contribution >= 4 is 22.6 Å². The van der Waals surface area contributed by atoms with Crippen molar-refractivity contribution < 1.29 is 4.74 Å². The molecule has 0 fully saturated rings. The van der Waals surface area contributed by atoms with Crippen LogP contribution < -0.4 is 4.74 Å². The van der Waals surface area contributed by atoms with E-state index < -0.39 is 0 Å². The first kappa shape index (κ1) is 9.21. The van der Waals surface area contributed by atoms with Gasteiger partial charge >= 0.3 is 0 Å². The van der Waals surface area contributed by atoms with Crippen LogP contribution in [0.1, 0.15) is 5.69 Å². The van der Waals surface area contributed by atoms with E-state index in [2.05, 4.69) is 9.97 Å². The zero-order chi connectivity index (χ0) is 10.1. The van der Waals surface area contributed by atoms with Crippen LogP contribution in [0.5, 0.6) is 5.75 Å². The Balaban J connectivity index is 2.81. The molecule has 2 aromatic rings. The Morgan fingerprint density at radius 1 is 1.29 bits per heavy atom. The predicted octanol–water partition coefficient (Wildman–Crippen LogP) is 2.60. The minimum absolute atomic E-state index is 0.419. The molecule has 0 aliphatic heterocycles. The van der Waals surface area contributed by atoms with Gasteiger partial charge in [-0.3, -0.25) is 0 Å². The molecule has 1 aromatic carbocycles. The molecule has 0 saturated heterocycles. The summed E-state index contributed by atoms with van der Waals surface area (Å²) in [6, 6.07) is 5.60. The summed E-state index contributed by atoms with van der Waals surface area (Å²) in [7, 11) is 1.60. The normalized spacial score (nSPS) is 10.5. The standard InChI is InChI=1S/C10H9ClN2O/c1-6-10(11)13-9-7(12-6)4-3-5-8(9)14-2/h3-5H,1-2H3. The van der Waals surface area contributed by atoms with E-state index in [1.54, 1.807) is 7.11 Å².